The normalized spacial score (nSPS) is 11.9. The van der Waals surface area contributed by atoms with Crippen LogP contribution in [0.25, 0.3) is 0 Å². The van der Waals surface area contributed by atoms with E-state index in [2.05, 4.69) is 57.2 Å². The minimum atomic E-state index is 0.194. The number of benzene rings is 2. The standard InChI is InChI=1S/C23H24N2S.2ClH.Fe/c1-4-8-19-11-13-21(14-12-19)25-18(3)23-16-15-22(26-23)17(2)24-20-9-6-5-7-10-20;;;/h5-7,9-16H,4,8H2,1-3H3;2*1H;/q;;;+2/p-2. The summed E-state index contributed by atoms with van der Waals surface area (Å²) in [4.78, 5) is 11.8. The van der Waals surface area contributed by atoms with Gasteiger partial charge in [0.05, 0.1) is 22.8 Å². The number of aliphatic imine (C=N–C) groups is 2. The Labute approximate surface area is 192 Å². The van der Waals surface area contributed by atoms with Crippen LogP contribution < -0.4 is 0 Å². The predicted molar refractivity (Wildman–Crippen MR) is 127 cm³/mol. The van der Waals surface area contributed by atoms with Crippen molar-refractivity contribution in [2.45, 2.75) is 33.6 Å². The van der Waals surface area contributed by atoms with Crippen LogP contribution in [0.5, 0.6) is 0 Å². The molecular formula is C23H24Cl2FeN2S. The van der Waals surface area contributed by atoms with Crippen LogP contribution in [0.15, 0.2) is 76.7 Å². The third kappa shape index (κ3) is 8.08. The topological polar surface area (TPSA) is 24.7 Å². The fourth-order valence-corrected chi connectivity index (χ4v) is 3.65. The van der Waals surface area contributed by atoms with Gasteiger partial charge in [-0.15, -0.1) is 11.3 Å². The number of hydrogen-bond donors (Lipinski definition) is 0. The monoisotopic (exact) mass is 486 g/mol. The molecule has 1 heterocycles. The summed E-state index contributed by atoms with van der Waals surface area (Å²) >= 11 is 1.93. The summed E-state index contributed by atoms with van der Waals surface area (Å²) in [5.74, 6) is 0. The first kappa shape index (κ1) is 23.9. The maximum atomic E-state index is 4.77. The van der Waals surface area contributed by atoms with E-state index in [1.54, 1.807) is 11.3 Å². The summed E-state index contributed by atoms with van der Waals surface area (Å²) in [5, 5.41) is 0. The summed E-state index contributed by atoms with van der Waals surface area (Å²) in [7, 11) is 9.53. The van der Waals surface area contributed by atoms with Gasteiger partial charge in [0.2, 0.25) is 0 Å². The van der Waals surface area contributed by atoms with E-state index in [9.17, 15) is 0 Å². The molecule has 0 atom stereocenters. The van der Waals surface area contributed by atoms with E-state index in [1.165, 1.54) is 21.7 Å². The fourth-order valence-electron chi connectivity index (χ4n) is 2.75. The molecule has 2 aromatic carbocycles. The van der Waals surface area contributed by atoms with Crippen molar-refractivity contribution in [3.05, 3.63) is 82.0 Å². The van der Waals surface area contributed by atoms with Gasteiger partial charge >= 0.3 is 33.3 Å². The molecule has 0 amide bonds. The predicted octanol–water partition coefficient (Wildman–Crippen LogP) is 8.36. The van der Waals surface area contributed by atoms with Gasteiger partial charge in [0, 0.05) is 9.75 Å². The van der Waals surface area contributed by atoms with Crippen molar-refractivity contribution >= 4 is 54.3 Å². The molecule has 0 bridgehead atoms. The number of hydrogen-bond acceptors (Lipinski definition) is 3. The van der Waals surface area contributed by atoms with E-state index in [1.807, 2.05) is 30.3 Å². The van der Waals surface area contributed by atoms with Crippen LogP contribution in [0.4, 0.5) is 11.4 Å². The zero-order valence-corrected chi connectivity index (χ0v) is 20.1. The van der Waals surface area contributed by atoms with Gasteiger partial charge in [0.15, 0.2) is 0 Å². The summed E-state index contributed by atoms with van der Waals surface area (Å²) in [5.41, 5.74) is 5.43. The molecule has 3 aromatic rings. The van der Waals surface area contributed by atoms with Crippen molar-refractivity contribution in [3.8, 4) is 0 Å². The van der Waals surface area contributed by atoms with Crippen LogP contribution in [0, 0.1) is 0 Å². The third-order valence-corrected chi connectivity index (χ3v) is 5.45. The Morgan fingerprint density at radius 3 is 1.76 bits per heavy atom. The molecule has 3 rings (SSSR count). The molecule has 0 radical (unpaired) electrons. The minimum absolute atomic E-state index is 0.194. The van der Waals surface area contributed by atoms with Gasteiger partial charge in [-0.2, -0.15) is 0 Å². The summed E-state index contributed by atoms with van der Waals surface area (Å²) in [6, 6.07) is 22.9. The molecule has 0 unspecified atom stereocenters. The Kier molecular flexibility index (Phi) is 10.7. The molecule has 0 fully saturated rings. The van der Waals surface area contributed by atoms with Gasteiger partial charge in [0.1, 0.15) is 0 Å². The van der Waals surface area contributed by atoms with Gasteiger partial charge < -0.3 is 0 Å². The van der Waals surface area contributed by atoms with Gasteiger partial charge in [-0.25, -0.2) is 0 Å². The number of rotatable bonds is 6. The molecule has 0 N–H and O–H groups in total. The molecule has 6 heteroatoms. The summed E-state index contributed by atoms with van der Waals surface area (Å²) in [6.07, 6.45) is 2.29. The van der Waals surface area contributed by atoms with E-state index in [4.69, 9.17) is 30.2 Å². The second kappa shape index (κ2) is 13.0. The van der Waals surface area contributed by atoms with Crippen molar-refractivity contribution in [1.29, 1.82) is 0 Å². The van der Waals surface area contributed by atoms with E-state index in [0.717, 1.165) is 29.2 Å². The van der Waals surface area contributed by atoms with Gasteiger partial charge in [-0.3, -0.25) is 9.98 Å². The maximum absolute atomic E-state index is 4.77. The first-order valence-corrected chi connectivity index (χ1v) is 13.1. The molecule has 0 saturated carbocycles. The second-order valence-corrected chi connectivity index (χ2v) is 9.27. The van der Waals surface area contributed by atoms with Crippen molar-refractivity contribution < 1.29 is 13.1 Å². The molecule has 0 spiro atoms. The van der Waals surface area contributed by atoms with Gasteiger partial charge in [-0.1, -0.05) is 43.7 Å². The Bertz CT molecular complexity index is 935. The summed E-state index contributed by atoms with van der Waals surface area (Å²) < 4.78 is 0. The van der Waals surface area contributed by atoms with E-state index >= 15 is 0 Å². The van der Waals surface area contributed by atoms with Crippen LogP contribution in [-0.2, 0) is 19.6 Å². The number of para-hydroxylation sites is 1. The number of aryl methyl sites for hydroxylation is 1. The number of nitrogens with zero attached hydrogens (tertiary/aromatic N) is 2. The molecular weight excluding hydrogens is 463 g/mol. The molecule has 154 valence electrons. The zero-order chi connectivity index (χ0) is 21.1. The summed E-state index contributed by atoms with van der Waals surface area (Å²) in [6.45, 7) is 6.33. The third-order valence-electron chi connectivity index (χ3n) is 4.14. The van der Waals surface area contributed by atoms with Gasteiger partial charge in [-0.05, 0) is 62.2 Å². The first-order valence-electron chi connectivity index (χ1n) is 9.27. The average Bonchev–Trinajstić information content (AvgIpc) is 3.22. The molecule has 29 heavy (non-hydrogen) atoms. The molecule has 0 aliphatic carbocycles. The molecule has 1 aromatic heterocycles. The van der Waals surface area contributed by atoms with E-state index in [0.29, 0.717) is 0 Å². The number of halogens is 2. The van der Waals surface area contributed by atoms with E-state index in [-0.39, 0.29) is 13.1 Å². The number of thiophene rings is 1. The van der Waals surface area contributed by atoms with Crippen LogP contribution in [-0.4, -0.2) is 11.4 Å². The Morgan fingerprint density at radius 1 is 0.793 bits per heavy atom. The van der Waals surface area contributed by atoms with Crippen molar-refractivity contribution in [2.75, 3.05) is 0 Å². The second-order valence-electron chi connectivity index (χ2n) is 6.36. The first-order chi connectivity index (χ1) is 14.1. The quantitative estimate of drug-likeness (QED) is 0.247. The molecule has 2 nitrogen and oxygen atoms in total. The zero-order valence-electron chi connectivity index (χ0n) is 16.7. The molecule has 0 aliphatic heterocycles. The molecule has 0 saturated heterocycles. The SMILES string of the molecule is CCCc1ccc(N=C(C)c2ccc(C(C)=Nc3ccccc3)s2)cc1.[Cl][Fe][Cl]. The average molecular weight is 487 g/mol. The fraction of sp³-hybridized carbons (Fsp3) is 0.217. The van der Waals surface area contributed by atoms with Crippen LogP contribution in [0.3, 0.4) is 0 Å². The molecule has 0 aliphatic rings. The van der Waals surface area contributed by atoms with E-state index < -0.39 is 0 Å². The Balaban J connectivity index is 0.000000941. The van der Waals surface area contributed by atoms with Crippen molar-refractivity contribution in [2.24, 2.45) is 9.98 Å². The van der Waals surface area contributed by atoms with Crippen LogP contribution in [0.2, 0.25) is 0 Å². The Hall–Kier alpha value is -1.42. The van der Waals surface area contributed by atoms with Crippen LogP contribution in [0.1, 0.15) is 42.5 Å². The van der Waals surface area contributed by atoms with Gasteiger partial charge in [0.25, 0.3) is 0 Å². The Morgan fingerprint density at radius 2 is 1.28 bits per heavy atom. The van der Waals surface area contributed by atoms with Crippen LogP contribution >= 0.6 is 31.5 Å². The van der Waals surface area contributed by atoms with Crippen molar-refractivity contribution in [1.82, 2.24) is 0 Å². The van der Waals surface area contributed by atoms with Crippen molar-refractivity contribution in [3.63, 3.8) is 0 Å².